The van der Waals surface area contributed by atoms with Gasteiger partial charge in [0.05, 0.1) is 30.6 Å². The number of ether oxygens (including phenoxy) is 1. The van der Waals surface area contributed by atoms with E-state index in [4.69, 9.17) is 10.5 Å². The maximum Gasteiger partial charge on any atom is 0.276 e. The fourth-order valence-corrected chi connectivity index (χ4v) is 2.16. The van der Waals surface area contributed by atoms with Gasteiger partial charge in [-0.25, -0.2) is 0 Å². The van der Waals surface area contributed by atoms with E-state index in [0.29, 0.717) is 31.1 Å². The Hall–Kier alpha value is -1.56. The first-order valence-electron chi connectivity index (χ1n) is 6.36. The molecule has 1 aliphatic heterocycles. The number of carbonyl (C=O) groups is 1. The highest BCUT2D eigenvalue weighted by atomic mass is 16.5. The van der Waals surface area contributed by atoms with Crippen molar-refractivity contribution < 1.29 is 9.53 Å². The van der Waals surface area contributed by atoms with Crippen LogP contribution in [0.25, 0.3) is 0 Å². The van der Waals surface area contributed by atoms with Crippen LogP contribution in [0.15, 0.2) is 0 Å². The van der Waals surface area contributed by atoms with Crippen molar-refractivity contribution in [3.63, 3.8) is 0 Å². The molecule has 1 unspecified atom stereocenters. The summed E-state index contributed by atoms with van der Waals surface area (Å²) in [6, 6.07) is 0.0666. The van der Waals surface area contributed by atoms with Gasteiger partial charge in [-0.05, 0) is 13.3 Å². The summed E-state index contributed by atoms with van der Waals surface area (Å²) in [5.74, 6) is -0.109. The van der Waals surface area contributed by atoms with Gasteiger partial charge in [-0.3, -0.25) is 9.89 Å². The second-order valence-electron chi connectivity index (χ2n) is 4.64. The Bertz CT molecular complexity index is 430. The zero-order chi connectivity index (χ0) is 13.1. The third-order valence-electron chi connectivity index (χ3n) is 3.21. The monoisotopic (exact) mass is 252 g/mol. The number of rotatable bonds is 3. The maximum absolute atomic E-state index is 12.4. The first kappa shape index (κ1) is 12.9. The molecule has 0 bridgehead atoms. The number of morpholine rings is 1. The normalized spacial score (nSPS) is 20.1. The van der Waals surface area contributed by atoms with Crippen LogP contribution in [-0.2, 0) is 11.2 Å². The number of hydrogen-bond acceptors (Lipinski definition) is 4. The molecule has 1 aromatic heterocycles. The van der Waals surface area contributed by atoms with Crippen LogP contribution in [0.4, 0.5) is 5.69 Å². The highest BCUT2D eigenvalue weighted by molar-refractivity contribution is 5.97. The molecule has 0 radical (unpaired) electrons. The van der Waals surface area contributed by atoms with E-state index in [1.54, 1.807) is 4.90 Å². The van der Waals surface area contributed by atoms with Crippen LogP contribution in [0.1, 0.15) is 36.5 Å². The lowest BCUT2D eigenvalue weighted by Crippen LogP contribution is -2.47. The van der Waals surface area contributed by atoms with Crippen LogP contribution in [0.5, 0.6) is 0 Å². The lowest BCUT2D eigenvalue weighted by atomic mass is 10.1. The topological polar surface area (TPSA) is 84.2 Å². The number of aryl methyl sites for hydroxylation is 1. The van der Waals surface area contributed by atoms with E-state index in [-0.39, 0.29) is 11.9 Å². The van der Waals surface area contributed by atoms with Gasteiger partial charge < -0.3 is 15.4 Å². The molecule has 1 fully saturated rings. The van der Waals surface area contributed by atoms with Gasteiger partial charge in [0.25, 0.3) is 5.91 Å². The van der Waals surface area contributed by atoms with Crippen LogP contribution in [-0.4, -0.2) is 46.8 Å². The molecule has 3 N–H and O–H groups in total. The number of amides is 1. The van der Waals surface area contributed by atoms with Gasteiger partial charge >= 0.3 is 0 Å². The molecular formula is C12H20N4O2. The summed E-state index contributed by atoms with van der Waals surface area (Å²) in [4.78, 5) is 14.1. The molecule has 0 spiro atoms. The zero-order valence-electron chi connectivity index (χ0n) is 10.9. The molecule has 100 valence electrons. The minimum Gasteiger partial charge on any atom is -0.395 e. The van der Waals surface area contributed by atoms with E-state index in [2.05, 4.69) is 17.1 Å². The summed E-state index contributed by atoms with van der Waals surface area (Å²) >= 11 is 0. The second kappa shape index (κ2) is 5.39. The number of aromatic nitrogens is 2. The number of aromatic amines is 1. The molecule has 0 aliphatic carbocycles. The summed E-state index contributed by atoms with van der Waals surface area (Å²) < 4.78 is 5.32. The van der Waals surface area contributed by atoms with Crippen LogP contribution >= 0.6 is 0 Å². The van der Waals surface area contributed by atoms with Crippen molar-refractivity contribution in [2.75, 3.05) is 25.5 Å². The number of H-pyrrole nitrogens is 1. The fourth-order valence-electron chi connectivity index (χ4n) is 2.16. The van der Waals surface area contributed by atoms with Gasteiger partial charge in [-0.15, -0.1) is 0 Å². The maximum atomic E-state index is 12.4. The highest BCUT2D eigenvalue weighted by Crippen LogP contribution is 2.19. The predicted octanol–water partition coefficient (Wildman–Crippen LogP) is 0.805. The lowest BCUT2D eigenvalue weighted by molar-refractivity contribution is 0.00333. The van der Waals surface area contributed by atoms with Crippen molar-refractivity contribution in [2.24, 2.45) is 0 Å². The van der Waals surface area contributed by atoms with E-state index in [0.717, 1.165) is 18.5 Å². The average Bonchev–Trinajstić information content (AvgIpc) is 2.72. The number of nitrogens with one attached hydrogen (secondary N) is 1. The van der Waals surface area contributed by atoms with Gasteiger partial charge in [-0.1, -0.05) is 13.3 Å². The molecule has 2 rings (SSSR count). The van der Waals surface area contributed by atoms with Crippen molar-refractivity contribution in [3.8, 4) is 0 Å². The zero-order valence-corrected chi connectivity index (χ0v) is 10.9. The quantitative estimate of drug-likeness (QED) is 0.833. The summed E-state index contributed by atoms with van der Waals surface area (Å²) in [5.41, 5.74) is 7.65. The van der Waals surface area contributed by atoms with E-state index in [1.165, 1.54) is 0 Å². The summed E-state index contributed by atoms with van der Waals surface area (Å²) in [6.07, 6.45) is 1.78. The molecule has 1 aromatic rings. The first-order valence-corrected chi connectivity index (χ1v) is 6.36. The van der Waals surface area contributed by atoms with Crippen molar-refractivity contribution in [1.82, 2.24) is 15.1 Å². The summed E-state index contributed by atoms with van der Waals surface area (Å²) in [6.45, 7) is 5.76. The Morgan fingerprint density at radius 2 is 2.44 bits per heavy atom. The van der Waals surface area contributed by atoms with Gasteiger partial charge in [0, 0.05) is 6.54 Å². The number of nitrogens with zero attached hydrogens (tertiary/aromatic N) is 2. The van der Waals surface area contributed by atoms with Gasteiger partial charge in [-0.2, -0.15) is 5.10 Å². The molecule has 6 heteroatoms. The summed E-state index contributed by atoms with van der Waals surface area (Å²) in [7, 11) is 0. The predicted molar refractivity (Wildman–Crippen MR) is 68.3 cm³/mol. The van der Waals surface area contributed by atoms with Crippen molar-refractivity contribution in [1.29, 1.82) is 0 Å². The van der Waals surface area contributed by atoms with Crippen molar-refractivity contribution in [2.45, 2.75) is 32.7 Å². The second-order valence-corrected chi connectivity index (χ2v) is 4.64. The average molecular weight is 252 g/mol. The lowest BCUT2D eigenvalue weighted by Gasteiger charge is -2.32. The molecule has 0 saturated carbocycles. The third kappa shape index (κ3) is 2.33. The SMILES string of the molecule is CCCc1[nH]nc(C(=O)N2CCOCC2C)c1N. The number of carbonyl (C=O) groups excluding carboxylic acids is 1. The van der Waals surface area contributed by atoms with Crippen LogP contribution in [0.2, 0.25) is 0 Å². The minimum absolute atomic E-state index is 0.0666. The van der Waals surface area contributed by atoms with Gasteiger partial charge in [0.1, 0.15) is 0 Å². The van der Waals surface area contributed by atoms with Crippen LogP contribution in [0.3, 0.4) is 0 Å². The number of anilines is 1. The standard InChI is InChI=1S/C12H20N4O2/c1-3-4-9-10(13)11(15-14-9)12(17)16-5-6-18-7-8(16)2/h8H,3-7,13H2,1-2H3,(H,14,15). The molecule has 1 amide bonds. The van der Waals surface area contributed by atoms with E-state index < -0.39 is 0 Å². The molecule has 1 aliphatic rings. The molecule has 18 heavy (non-hydrogen) atoms. The Balaban J connectivity index is 2.17. The fraction of sp³-hybridized carbons (Fsp3) is 0.667. The Labute approximate surface area is 106 Å². The molecule has 1 atom stereocenters. The minimum atomic E-state index is -0.109. The van der Waals surface area contributed by atoms with Crippen LogP contribution < -0.4 is 5.73 Å². The Morgan fingerprint density at radius 1 is 1.67 bits per heavy atom. The first-order chi connectivity index (χ1) is 8.65. The Kier molecular flexibility index (Phi) is 3.86. The summed E-state index contributed by atoms with van der Waals surface area (Å²) in [5, 5.41) is 6.92. The number of nitrogens with two attached hydrogens (primary N) is 1. The molecule has 6 nitrogen and oxygen atoms in total. The number of hydrogen-bond donors (Lipinski definition) is 2. The molecular weight excluding hydrogens is 232 g/mol. The van der Waals surface area contributed by atoms with E-state index in [9.17, 15) is 4.79 Å². The van der Waals surface area contributed by atoms with E-state index >= 15 is 0 Å². The Morgan fingerprint density at radius 3 is 3.11 bits per heavy atom. The molecule has 1 saturated heterocycles. The molecule has 2 heterocycles. The number of nitrogen functional groups attached to an aromatic ring is 1. The van der Waals surface area contributed by atoms with Crippen molar-refractivity contribution >= 4 is 11.6 Å². The molecule has 0 aromatic carbocycles. The van der Waals surface area contributed by atoms with Crippen molar-refractivity contribution in [3.05, 3.63) is 11.4 Å². The van der Waals surface area contributed by atoms with E-state index in [1.807, 2.05) is 6.92 Å². The third-order valence-corrected chi connectivity index (χ3v) is 3.21. The largest absolute Gasteiger partial charge is 0.395 e. The smallest absolute Gasteiger partial charge is 0.276 e. The van der Waals surface area contributed by atoms with Gasteiger partial charge in [0.15, 0.2) is 5.69 Å². The van der Waals surface area contributed by atoms with Gasteiger partial charge in [0.2, 0.25) is 0 Å². The van der Waals surface area contributed by atoms with Crippen LogP contribution in [0, 0.1) is 0 Å². The highest BCUT2D eigenvalue weighted by Gasteiger charge is 2.28.